The van der Waals surface area contributed by atoms with Crippen molar-refractivity contribution in [1.29, 1.82) is 0 Å². The second-order valence-electron chi connectivity index (χ2n) is 6.02. The quantitative estimate of drug-likeness (QED) is 0.701. The summed E-state index contributed by atoms with van der Waals surface area (Å²) in [5.74, 6) is 0.409. The maximum atomic E-state index is 12.0. The summed E-state index contributed by atoms with van der Waals surface area (Å²) in [6, 6.07) is 0. The molecule has 2 nitrogen and oxygen atoms in total. The number of carbonyl (C=O) groups is 2. The Morgan fingerprint density at radius 2 is 1.40 bits per heavy atom. The highest BCUT2D eigenvalue weighted by Crippen LogP contribution is 2.36. The average molecular weight is 212 g/mol. The second kappa shape index (κ2) is 4.46. The molecule has 0 aromatic heterocycles. The Labute approximate surface area is 93.4 Å². The predicted molar refractivity (Wildman–Crippen MR) is 62.7 cm³/mol. The predicted octanol–water partition coefficient (Wildman–Crippen LogP) is 3.24. The third-order valence-corrected chi connectivity index (χ3v) is 3.03. The Balaban J connectivity index is 4.79. The summed E-state index contributed by atoms with van der Waals surface area (Å²) in [5.41, 5.74) is -0.822. The molecule has 15 heavy (non-hydrogen) atoms. The molecule has 0 spiro atoms. The van der Waals surface area contributed by atoms with Crippen LogP contribution in [0.4, 0.5) is 0 Å². The van der Waals surface area contributed by atoms with Gasteiger partial charge in [-0.25, -0.2) is 0 Å². The lowest BCUT2D eigenvalue weighted by Crippen LogP contribution is -2.36. The van der Waals surface area contributed by atoms with Gasteiger partial charge < -0.3 is 0 Å². The van der Waals surface area contributed by atoms with E-state index >= 15 is 0 Å². The minimum absolute atomic E-state index is 0.0303. The van der Waals surface area contributed by atoms with Gasteiger partial charge in [-0.05, 0) is 13.3 Å². The van der Waals surface area contributed by atoms with E-state index in [1.165, 1.54) is 0 Å². The molecule has 0 aliphatic heterocycles. The summed E-state index contributed by atoms with van der Waals surface area (Å²) in [4.78, 5) is 23.4. The van der Waals surface area contributed by atoms with E-state index in [1.54, 1.807) is 6.92 Å². The fraction of sp³-hybridized carbons (Fsp3) is 0.846. The van der Waals surface area contributed by atoms with Crippen molar-refractivity contribution >= 4 is 11.6 Å². The van der Waals surface area contributed by atoms with E-state index in [1.807, 2.05) is 41.5 Å². The Morgan fingerprint density at radius 3 is 1.67 bits per heavy atom. The largest absolute Gasteiger partial charge is 0.299 e. The third-order valence-electron chi connectivity index (χ3n) is 3.03. The van der Waals surface area contributed by atoms with Gasteiger partial charge in [0.05, 0.1) is 0 Å². The zero-order chi connectivity index (χ0) is 12.4. The number of ketones is 2. The molecule has 0 unspecified atom stereocenters. The Hall–Kier alpha value is -0.660. The first-order chi connectivity index (χ1) is 6.50. The van der Waals surface area contributed by atoms with Crippen molar-refractivity contribution in [3.63, 3.8) is 0 Å². The van der Waals surface area contributed by atoms with Crippen LogP contribution in [0.25, 0.3) is 0 Å². The monoisotopic (exact) mass is 212 g/mol. The Bertz CT molecular complexity index is 260. The molecule has 0 aliphatic carbocycles. The number of Topliss-reactive ketones (excluding diaryl/α,β-unsaturated/α-hetero) is 2. The van der Waals surface area contributed by atoms with E-state index in [4.69, 9.17) is 0 Å². The SMILES string of the molecule is CC(=O)C(C)(C)CC(C)(C)C(=O)C(C)C. The molecule has 0 amide bonds. The van der Waals surface area contributed by atoms with Crippen molar-refractivity contribution in [2.75, 3.05) is 0 Å². The average Bonchev–Trinajstić information content (AvgIpc) is 2.00. The van der Waals surface area contributed by atoms with Crippen molar-refractivity contribution < 1.29 is 9.59 Å². The maximum Gasteiger partial charge on any atom is 0.141 e. The number of rotatable bonds is 5. The molecule has 2 heteroatoms. The van der Waals surface area contributed by atoms with Crippen LogP contribution < -0.4 is 0 Å². The van der Waals surface area contributed by atoms with Gasteiger partial charge >= 0.3 is 0 Å². The minimum Gasteiger partial charge on any atom is -0.299 e. The fourth-order valence-corrected chi connectivity index (χ4v) is 2.10. The van der Waals surface area contributed by atoms with E-state index in [2.05, 4.69) is 0 Å². The van der Waals surface area contributed by atoms with Gasteiger partial charge in [-0.3, -0.25) is 9.59 Å². The smallest absolute Gasteiger partial charge is 0.141 e. The Morgan fingerprint density at radius 1 is 1.00 bits per heavy atom. The zero-order valence-corrected chi connectivity index (χ0v) is 11.1. The van der Waals surface area contributed by atoms with E-state index < -0.39 is 10.8 Å². The molecule has 0 radical (unpaired) electrons. The van der Waals surface area contributed by atoms with E-state index in [-0.39, 0.29) is 17.5 Å². The highest BCUT2D eigenvalue weighted by atomic mass is 16.1. The van der Waals surface area contributed by atoms with Gasteiger partial charge in [0.15, 0.2) is 0 Å². The van der Waals surface area contributed by atoms with Gasteiger partial charge in [0.25, 0.3) is 0 Å². The fourth-order valence-electron chi connectivity index (χ4n) is 2.10. The molecular formula is C13H24O2. The molecule has 0 heterocycles. The van der Waals surface area contributed by atoms with Gasteiger partial charge in [-0.15, -0.1) is 0 Å². The van der Waals surface area contributed by atoms with Crippen molar-refractivity contribution in [2.24, 2.45) is 16.7 Å². The van der Waals surface area contributed by atoms with Crippen molar-refractivity contribution in [3.05, 3.63) is 0 Å². The second-order valence-corrected chi connectivity index (χ2v) is 6.02. The van der Waals surface area contributed by atoms with Crippen LogP contribution in [0.5, 0.6) is 0 Å². The molecule has 0 saturated carbocycles. The zero-order valence-electron chi connectivity index (χ0n) is 11.1. The van der Waals surface area contributed by atoms with Gasteiger partial charge in [0.2, 0.25) is 0 Å². The summed E-state index contributed by atoms with van der Waals surface area (Å²) in [5, 5.41) is 0. The van der Waals surface area contributed by atoms with Crippen LogP contribution in [0.1, 0.15) is 54.9 Å². The Kier molecular flexibility index (Phi) is 4.26. The highest BCUT2D eigenvalue weighted by molar-refractivity contribution is 5.87. The van der Waals surface area contributed by atoms with Crippen molar-refractivity contribution in [2.45, 2.75) is 54.9 Å². The summed E-state index contributed by atoms with van der Waals surface area (Å²) in [7, 11) is 0. The first-order valence-electron chi connectivity index (χ1n) is 5.56. The summed E-state index contributed by atoms with van der Waals surface area (Å²) in [6.07, 6.45) is 0.617. The molecule has 0 bridgehead atoms. The first kappa shape index (κ1) is 14.3. The van der Waals surface area contributed by atoms with E-state index in [0.717, 1.165) is 0 Å². The van der Waals surface area contributed by atoms with Crippen LogP contribution in [-0.4, -0.2) is 11.6 Å². The topological polar surface area (TPSA) is 34.1 Å². The van der Waals surface area contributed by atoms with Crippen LogP contribution >= 0.6 is 0 Å². The lowest BCUT2D eigenvalue weighted by atomic mass is 9.69. The van der Waals surface area contributed by atoms with Crippen molar-refractivity contribution in [1.82, 2.24) is 0 Å². The lowest BCUT2D eigenvalue weighted by molar-refractivity contribution is -0.134. The molecule has 0 aliphatic rings. The van der Waals surface area contributed by atoms with Gasteiger partial charge in [0, 0.05) is 16.7 Å². The van der Waals surface area contributed by atoms with Gasteiger partial charge in [-0.2, -0.15) is 0 Å². The molecule has 0 rings (SSSR count). The number of carbonyl (C=O) groups excluding carboxylic acids is 2. The van der Waals surface area contributed by atoms with E-state index in [0.29, 0.717) is 6.42 Å². The molecule has 0 saturated heterocycles. The van der Waals surface area contributed by atoms with Crippen LogP contribution in [0.2, 0.25) is 0 Å². The summed E-state index contributed by atoms with van der Waals surface area (Å²) < 4.78 is 0. The maximum absolute atomic E-state index is 12.0. The highest BCUT2D eigenvalue weighted by Gasteiger charge is 2.37. The molecule has 0 N–H and O–H groups in total. The first-order valence-corrected chi connectivity index (χ1v) is 5.56. The molecule has 0 atom stereocenters. The molecule has 0 fully saturated rings. The number of hydrogen-bond donors (Lipinski definition) is 0. The van der Waals surface area contributed by atoms with E-state index in [9.17, 15) is 9.59 Å². The molecule has 88 valence electrons. The molecule has 0 aromatic rings. The van der Waals surface area contributed by atoms with Crippen LogP contribution in [-0.2, 0) is 9.59 Å². The lowest BCUT2D eigenvalue weighted by Gasteiger charge is -2.33. The number of hydrogen-bond acceptors (Lipinski definition) is 2. The van der Waals surface area contributed by atoms with Crippen molar-refractivity contribution in [3.8, 4) is 0 Å². The molecule has 0 aromatic carbocycles. The summed E-state index contributed by atoms with van der Waals surface area (Å²) in [6.45, 7) is 13.1. The van der Waals surface area contributed by atoms with Crippen LogP contribution in [0.3, 0.4) is 0 Å². The van der Waals surface area contributed by atoms with Gasteiger partial charge in [0.1, 0.15) is 11.6 Å². The minimum atomic E-state index is -0.413. The van der Waals surface area contributed by atoms with Gasteiger partial charge in [-0.1, -0.05) is 41.5 Å². The van der Waals surface area contributed by atoms with Crippen LogP contribution in [0.15, 0.2) is 0 Å². The van der Waals surface area contributed by atoms with Crippen LogP contribution in [0, 0.1) is 16.7 Å². The third kappa shape index (κ3) is 3.77. The standard InChI is InChI=1S/C13H24O2/c1-9(2)11(15)13(6,7)8-12(4,5)10(3)14/h9H,8H2,1-7H3. The molecular weight excluding hydrogens is 188 g/mol. The normalized spacial score (nSPS) is 13.1. The summed E-state index contributed by atoms with van der Waals surface area (Å²) >= 11 is 0.